The molecule has 0 fully saturated rings. The largest absolute Gasteiger partial charge is 0.378 e. The summed E-state index contributed by atoms with van der Waals surface area (Å²) in [7, 11) is 3.91. The summed E-state index contributed by atoms with van der Waals surface area (Å²) in [6.07, 6.45) is 2.39. The zero-order chi connectivity index (χ0) is 17.9. The van der Waals surface area contributed by atoms with Gasteiger partial charge in [0, 0.05) is 31.9 Å². The van der Waals surface area contributed by atoms with Gasteiger partial charge in [0.1, 0.15) is 11.6 Å². The first-order valence-electron chi connectivity index (χ1n) is 7.87. The Balaban J connectivity index is 0.00000312. The summed E-state index contributed by atoms with van der Waals surface area (Å²) in [6, 6.07) is 9.68. The van der Waals surface area contributed by atoms with Gasteiger partial charge in [0.2, 0.25) is 0 Å². The second-order valence-electron chi connectivity index (χ2n) is 5.92. The zero-order valence-corrected chi connectivity index (χ0v) is 15.7. The number of imide groups is 1. The molecule has 5 nitrogen and oxygen atoms in total. The molecule has 25 heavy (non-hydrogen) atoms. The van der Waals surface area contributed by atoms with E-state index in [9.17, 15) is 14.9 Å². The third kappa shape index (κ3) is 4.09. The summed E-state index contributed by atoms with van der Waals surface area (Å²) in [5.41, 5.74) is 2.79. The van der Waals surface area contributed by atoms with Crippen LogP contribution in [0.15, 0.2) is 41.0 Å². The van der Waals surface area contributed by atoms with Crippen molar-refractivity contribution in [3.05, 3.63) is 46.5 Å². The number of amides is 2. The Morgan fingerprint density at radius 1 is 1.16 bits per heavy atom. The van der Waals surface area contributed by atoms with Crippen LogP contribution in [0.4, 0.5) is 5.69 Å². The first-order chi connectivity index (χ1) is 11.4. The maximum Gasteiger partial charge on any atom is 0.271 e. The minimum atomic E-state index is -0.498. The highest BCUT2D eigenvalue weighted by molar-refractivity contribution is 6.19. The van der Waals surface area contributed by atoms with E-state index in [0.717, 1.165) is 16.2 Å². The molecule has 0 aromatic heterocycles. The van der Waals surface area contributed by atoms with E-state index in [4.69, 9.17) is 0 Å². The van der Waals surface area contributed by atoms with E-state index in [1.807, 2.05) is 56.3 Å². The molecule has 0 bridgehead atoms. The number of hydrogen-bond donors (Lipinski definition) is 0. The maximum absolute atomic E-state index is 12.7. The van der Waals surface area contributed by atoms with Crippen molar-refractivity contribution < 1.29 is 9.59 Å². The summed E-state index contributed by atoms with van der Waals surface area (Å²) in [6.45, 7) is 3.85. The van der Waals surface area contributed by atoms with Crippen LogP contribution in [0, 0.1) is 11.3 Å². The highest BCUT2D eigenvalue weighted by Gasteiger charge is 2.34. The van der Waals surface area contributed by atoms with E-state index in [-0.39, 0.29) is 23.9 Å². The molecule has 0 atom stereocenters. The Labute approximate surface area is 154 Å². The number of nitriles is 1. The van der Waals surface area contributed by atoms with Gasteiger partial charge in [-0.25, -0.2) is 0 Å². The van der Waals surface area contributed by atoms with Crippen molar-refractivity contribution in [2.24, 2.45) is 0 Å². The Morgan fingerprint density at radius 3 is 2.24 bits per heavy atom. The second kappa shape index (κ2) is 8.50. The van der Waals surface area contributed by atoms with Crippen LogP contribution in [0.3, 0.4) is 0 Å². The standard InChI is InChI=1S/C19H21N3O2.ClH/c1-5-10-22-18(23)16(13(2)17(12-20)19(22)24)11-14-6-8-15(9-7-14)21(3)4;/h6-9,11H,5,10H2,1-4H3;1H/b16-11-;. The highest BCUT2D eigenvalue weighted by Crippen LogP contribution is 2.27. The van der Waals surface area contributed by atoms with Gasteiger partial charge >= 0.3 is 0 Å². The molecule has 1 heterocycles. The Kier molecular flexibility index (Phi) is 6.96. The third-order valence-electron chi connectivity index (χ3n) is 3.99. The second-order valence-corrected chi connectivity index (χ2v) is 5.92. The van der Waals surface area contributed by atoms with E-state index in [1.165, 1.54) is 0 Å². The highest BCUT2D eigenvalue weighted by atomic mass is 35.5. The van der Waals surface area contributed by atoms with Crippen LogP contribution >= 0.6 is 12.4 Å². The lowest BCUT2D eigenvalue weighted by atomic mass is 9.93. The van der Waals surface area contributed by atoms with E-state index >= 15 is 0 Å². The molecule has 1 aliphatic heterocycles. The van der Waals surface area contributed by atoms with Crippen molar-refractivity contribution in [1.29, 1.82) is 5.26 Å². The number of carbonyl (C=O) groups is 2. The Hall–Kier alpha value is -2.58. The number of nitrogens with zero attached hydrogens (tertiary/aromatic N) is 3. The van der Waals surface area contributed by atoms with Crippen LogP contribution in [0.5, 0.6) is 0 Å². The maximum atomic E-state index is 12.7. The molecule has 132 valence electrons. The molecule has 6 heteroatoms. The van der Waals surface area contributed by atoms with Gasteiger partial charge in [-0.2, -0.15) is 5.26 Å². The molecule has 0 unspecified atom stereocenters. The molecular formula is C19H22ClN3O2. The van der Waals surface area contributed by atoms with Crippen molar-refractivity contribution in [3.8, 4) is 6.07 Å². The number of rotatable bonds is 4. The van der Waals surface area contributed by atoms with Crippen molar-refractivity contribution in [1.82, 2.24) is 4.90 Å². The van der Waals surface area contributed by atoms with Gasteiger partial charge in [0.05, 0.1) is 0 Å². The lowest BCUT2D eigenvalue weighted by molar-refractivity contribution is -0.140. The van der Waals surface area contributed by atoms with E-state index in [0.29, 0.717) is 24.1 Å². The minimum Gasteiger partial charge on any atom is -0.378 e. The fourth-order valence-electron chi connectivity index (χ4n) is 2.59. The molecule has 1 aromatic carbocycles. The first kappa shape index (κ1) is 20.5. The third-order valence-corrected chi connectivity index (χ3v) is 3.99. The lowest BCUT2D eigenvalue weighted by Gasteiger charge is -2.27. The number of benzene rings is 1. The Bertz CT molecular complexity index is 771. The average molecular weight is 360 g/mol. The summed E-state index contributed by atoms with van der Waals surface area (Å²) in [5, 5.41) is 9.29. The number of hydrogen-bond acceptors (Lipinski definition) is 4. The molecule has 0 radical (unpaired) electrons. The van der Waals surface area contributed by atoms with Crippen molar-refractivity contribution >= 4 is 36.0 Å². The molecule has 1 aromatic rings. The average Bonchev–Trinajstić information content (AvgIpc) is 2.56. The van der Waals surface area contributed by atoms with Crippen LogP contribution in [-0.2, 0) is 9.59 Å². The molecule has 1 aliphatic rings. The fourth-order valence-corrected chi connectivity index (χ4v) is 2.59. The van der Waals surface area contributed by atoms with Crippen LogP contribution in [0.25, 0.3) is 6.08 Å². The zero-order valence-electron chi connectivity index (χ0n) is 14.9. The fraction of sp³-hybridized carbons (Fsp3) is 0.316. The van der Waals surface area contributed by atoms with Crippen LogP contribution in [0.1, 0.15) is 25.8 Å². The van der Waals surface area contributed by atoms with Crippen molar-refractivity contribution in [3.63, 3.8) is 0 Å². The van der Waals surface area contributed by atoms with Crippen molar-refractivity contribution in [2.45, 2.75) is 20.3 Å². The van der Waals surface area contributed by atoms with E-state index in [2.05, 4.69) is 0 Å². The van der Waals surface area contributed by atoms with Crippen LogP contribution < -0.4 is 4.90 Å². The van der Waals surface area contributed by atoms with Crippen molar-refractivity contribution in [2.75, 3.05) is 25.5 Å². The molecule has 0 saturated carbocycles. The summed E-state index contributed by atoms with van der Waals surface area (Å²) in [5.74, 6) is -0.836. The normalized spacial score (nSPS) is 16.0. The molecular weight excluding hydrogens is 338 g/mol. The van der Waals surface area contributed by atoms with Crippen LogP contribution in [-0.4, -0.2) is 37.4 Å². The van der Waals surface area contributed by atoms with E-state index < -0.39 is 5.91 Å². The Morgan fingerprint density at radius 2 is 1.76 bits per heavy atom. The smallest absolute Gasteiger partial charge is 0.271 e. The first-order valence-corrected chi connectivity index (χ1v) is 7.87. The van der Waals surface area contributed by atoms with Gasteiger partial charge in [-0.05, 0) is 42.7 Å². The SMILES string of the molecule is CCCN1C(=O)C(C#N)=C(C)/C(=C/c2ccc(N(C)C)cc2)C1=O.Cl. The monoisotopic (exact) mass is 359 g/mol. The predicted octanol–water partition coefficient (Wildman–Crippen LogP) is 3.18. The molecule has 0 spiro atoms. The number of carbonyl (C=O) groups excluding carboxylic acids is 2. The molecule has 2 amide bonds. The molecule has 2 rings (SSSR count). The van der Waals surface area contributed by atoms with Gasteiger partial charge in [0.15, 0.2) is 0 Å². The van der Waals surface area contributed by atoms with Gasteiger partial charge in [-0.3, -0.25) is 14.5 Å². The van der Waals surface area contributed by atoms with Gasteiger partial charge in [0.25, 0.3) is 11.8 Å². The summed E-state index contributed by atoms with van der Waals surface area (Å²) >= 11 is 0. The van der Waals surface area contributed by atoms with E-state index in [1.54, 1.807) is 13.0 Å². The van der Waals surface area contributed by atoms with Crippen LogP contribution in [0.2, 0.25) is 0 Å². The summed E-state index contributed by atoms with van der Waals surface area (Å²) < 4.78 is 0. The number of halogens is 1. The predicted molar refractivity (Wildman–Crippen MR) is 101 cm³/mol. The quantitative estimate of drug-likeness (QED) is 0.611. The van der Waals surface area contributed by atoms with Gasteiger partial charge in [-0.15, -0.1) is 12.4 Å². The molecule has 0 N–H and O–H groups in total. The topological polar surface area (TPSA) is 64.4 Å². The van der Waals surface area contributed by atoms with Gasteiger partial charge < -0.3 is 4.90 Å². The minimum absolute atomic E-state index is 0. The van der Waals surface area contributed by atoms with Gasteiger partial charge in [-0.1, -0.05) is 19.1 Å². The lowest BCUT2D eigenvalue weighted by Crippen LogP contribution is -2.43. The molecule has 0 aliphatic carbocycles. The number of anilines is 1. The molecule has 0 saturated heterocycles. The summed E-state index contributed by atoms with van der Waals surface area (Å²) in [4.78, 5) is 28.1.